The zero-order valence-corrected chi connectivity index (χ0v) is 16.7. The normalized spacial score (nSPS) is 10.4. The Balaban J connectivity index is -0.000000602. The van der Waals surface area contributed by atoms with Crippen molar-refractivity contribution >= 4 is 23.1 Å². The Labute approximate surface area is 169 Å². The Hall–Kier alpha value is 0.976. The lowest BCUT2D eigenvalue weighted by Crippen LogP contribution is -3.00. The molecule has 0 saturated carbocycles. The molecule has 0 saturated heterocycles. The second kappa shape index (κ2) is 23.0. The van der Waals surface area contributed by atoms with Gasteiger partial charge in [0.25, 0.3) is 0 Å². The molecule has 0 heterocycles. The number of quaternary nitrogens is 1. The quantitative estimate of drug-likeness (QED) is 0.239. The van der Waals surface area contributed by atoms with Gasteiger partial charge in [0.1, 0.15) is 0 Å². The zero-order chi connectivity index (χ0) is 15.1. The van der Waals surface area contributed by atoms with Crippen LogP contribution < -0.4 is 12.4 Å². The van der Waals surface area contributed by atoms with E-state index in [2.05, 4.69) is 28.1 Å². The minimum Gasteiger partial charge on any atom is -1.00 e. The average molecular weight is 364 g/mol. The van der Waals surface area contributed by atoms with E-state index in [0.29, 0.717) is 0 Å². The second-order valence-electron chi connectivity index (χ2n) is 7.61. The molecule has 2 N–H and O–H groups in total. The summed E-state index contributed by atoms with van der Waals surface area (Å²) in [6, 6.07) is 0. The van der Waals surface area contributed by atoms with E-state index in [1.165, 1.54) is 96.4 Å². The minimum atomic E-state index is 0. The number of halogens is 1. The maximum absolute atomic E-state index is 2.29. The van der Waals surface area contributed by atoms with Gasteiger partial charge in [-0.25, -0.2) is 0 Å². The molecule has 0 unspecified atom stereocenters. The van der Waals surface area contributed by atoms with E-state index >= 15 is 0 Å². The summed E-state index contributed by atoms with van der Waals surface area (Å²) in [6.07, 6.45) is 20.4. The van der Waals surface area contributed by atoms with Crippen LogP contribution in [0.3, 0.4) is 0 Å². The Kier molecular flexibility index (Phi) is 31.7. The molecule has 0 rings (SSSR count). The highest BCUT2D eigenvalue weighted by Gasteiger charge is 2.04. The van der Waals surface area contributed by atoms with Crippen LogP contribution in [-0.4, -0.2) is 60.7 Å². The maximum Gasteiger partial charge on any atom is 0.316 e. The molecule has 0 fully saturated rings. The SMILES string of the molecule is CCCCCCCCCCCCCCCC[N+](C)(C)C.O.[Cl-].[MgH2]. The molecule has 0 spiro atoms. The molecule has 0 aliphatic rings. The summed E-state index contributed by atoms with van der Waals surface area (Å²) >= 11 is 0. The molecular weight excluding hydrogens is 318 g/mol. The Morgan fingerprint density at radius 3 is 1.04 bits per heavy atom. The lowest BCUT2D eigenvalue weighted by Gasteiger charge is -2.23. The van der Waals surface area contributed by atoms with Gasteiger partial charge in [0.05, 0.1) is 27.7 Å². The first-order valence-corrected chi connectivity index (χ1v) is 9.36. The summed E-state index contributed by atoms with van der Waals surface area (Å²) in [5.41, 5.74) is 0. The first-order chi connectivity index (χ1) is 9.56. The number of hydrogen-bond acceptors (Lipinski definition) is 0. The van der Waals surface area contributed by atoms with Crippen LogP contribution in [0.2, 0.25) is 0 Å². The predicted octanol–water partition coefficient (Wildman–Crippen LogP) is 1.44. The van der Waals surface area contributed by atoms with Crippen LogP contribution in [0.4, 0.5) is 0 Å². The molecule has 4 heteroatoms. The molecule has 142 valence electrons. The van der Waals surface area contributed by atoms with Gasteiger partial charge in [-0.3, -0.25) is 0 Å². The molecule has 0 aromatic carbocycles. The fourth-order valence-electron chi connectivity index (χ4n) is 2.78. The first-order valence-electron chi connectivity index (χ1n) is 9.36. The number of rotatable bonds is 15. The van der Waals surface area contributed by atoms with Crippen LogP contribution in [0.15, 0.2) is 0 Å². The van der Waals surface area contributed by atoms with E-state index in [9.17, 15) is 0 Å². The van der Waals surface area contributed by atoms with Crippen molar-refractivity contribution in [3.8, 4) is 0 Å². The third kappa shape index (κ3) is 31.3. The largest absolute Gasteiger partial charge is 1.00 e. The molecule has 0 bridgehead atoms. The van der Waals surface area contributed by atoms with Gasteiger partial charge in [-0.15, -0.1) is 0 Å². The highest BCUT2D eigenvalue weighted by Crippen LogP contribution is 2.13. The maximum atomic E-state index is 2.29. The fraction of sp³-hybridized carbons (Fsp3) is 1.00. The molecule has 0 aliphatic heterocycles. The Morgan fingerprint density at radius 2 is 0.783 bits per heavy atom. The van der Waals surface area contributed by atoms with E-state index in [0.717, 1.165) is 4.48 Å². The summed E-state index contributed by atoms with van der Waals surface area (Å²) in [4.78, 5) is 0. The number of nitrogens with zero attached hydrogens (tertiary/aromatic N) is 1. The fourth-order valence-corrected chi connectivity index (χ4v) is 2.78. The van der Waals surface area contributed by atoms with Crippen LogP contribution in [-0.2, 0) is 0 Å². The Bertz CT molecular complexity index is 198. The number of unbranched alkanes of at least 4 members (excludes halogenated alkanes) is 13. The van der Waals surface area contributed by atoms with Gasteiger partial charge in [0.15, 0.2) is 0 Å². The van der Waals surface area contributed by atoms with Crippen molar-refractivity contribution in [2.24, 2.45) is 0 Å². The average Bonchev–Trinajstić information content (AvgIpc) is 2.38. The van der Waals surface area contributed by atoms with Gasteiger partial charge >= 0.3 is 23.1 Å². The van der Waals surface area contributed by atoms with Crippen LogP contribution in [0.5, 0.6) is 0 Å². The van der Waals surface area contributed by atoms with Crippen LogP contribution >= 0.6 is 0 Å². The monoisotopic (exact) mass is 363 g/mol. The van der Waals surface area contributed by atoms with Gasteiger partial charge in [0, 0.05) is 0 Å². The van der Waals surface area contributed by atoms with E-state index < -0.39 is 0 Å². The summed E-state index contributed by atoms with van der Waals surface area (Å²) in [5, 5.41) is 0. The predicted molar refractivity (Wildman–Crippen MR) is 105 cm³/mol. The third-order valence-corrected chi connectivity index (χ3v) is 4.18. The third-order valence-electron chi connectivity index (χ3n) is 4.18. The molecule has 0 radical (unpaired) electrons. The molecule has 2 nitrogen and oxygen atoms in total. The molecular formula is C19H46ClMgNO. The molecule has 0 aromatic heterocycles. The van der Waals surface area contributed by atoms with Crippen molar-refractivity contribution in [3.05, 3.63) is 0 Å². The second-order valence-corrected chi connectivity index (χ2v) is 7.61. The minimum absolute atomic E-state index is 0. The van der Waals surface area contributed by atoms with Crippen molar-refractivity contribution in [3.63, 3.8) is 0 Å². The smallest absolute Gasteiger partial charge is 0.316 e. The molecule has 23 heavy (non-hydrogen) atoms. The van der Waals surface area contributed by atoms with Gasteiger partial charge in [-0.2, -0.15) is 0 Å². The zero-order valence-electron chi connectivity index (χ0n) is 15.9. The first kappa shape index (κ1) is 31.7. The molecule has 0 aromatic rings. The topological polar surface area (TPSA) is 31.5 Å². The number of hydrogen-bond donors (Lipinski definition) is 0. The van der Waals surface area contributed by atoms with Crippen LogP contribution in [0.25, 0.3) is 0 Å². The van der Waals surface area contributed by atoms with E-state index in [1.807, 2.05) is 0 Å². The van der Waals surface area contributed by atoms with Crippen molar-refractivity contribution in [2.75, 3.05) is 27.7 Å². The van der Waals surface area contributed by atoms with Gasteiger partial charge in [0.2, 0.25) is 0 Å². The Morgan fingerprint density at radius 1 is 0.522 bits per heavy atom. The molecule has 0 aliphatic carbocycles. The lowest BCUT2D eigenvalue weighted by atomic mass is 10.0. The van der Waals surface area contributed by atoms with Crippen molar-refractivity contribution in [1.82, 2.24) is 0 Å². The van der Waals surface area contributed by atoms with Crippen molar-refractivity contribution in [1.29, 1.82) is 0 Å². The standard InChI is InChI=1S/C19H42N.ClH.Mg.H2O.2H/c1-5-6-7-8-9-10-11-12-13-14-15-16-17-18-19-20(2,3)4;;;;;/h5-19H2,1-4H3;1H;;1H2;;/q+1;;;;;/p-1. The van der Waals surface area contributed by atoms with E-state index in [4.69, 9.17) is 0 Å². The van der Waals surface area contributed by atoms with Gasteiger partial charge in [-0.05, 0) is 12.8 Å². The molecule has 0 atom stereocenters. The van der Waals surface area contributed by atoms with Crippen LogP contribution in [0.1, 0.15) is 96.8 Å². The van der Waals surface area contributed by atoms with Crippen LogP contribution in [0, 0.1) is 0 Å². The summed E-state index contributed by atoms with van der Waals surface area (Å²) in [6.45, 7) is 3.63. The van der Waals surface area contributed by atoms with Gasteiger partial charge in [-0.1, -0.05) is 84.0 Å². The molecule has 0 amide bonds. The summed E-state index contributed by atoms with van der Waals surface area (Å²) in [7, 11) is 6.88. The summed E-state index contributed by atoms with van der Waals surface area (Å²) in [5.74, 6) is 0. The highest BCUT2D eigenvalue weighted by molar-refractivity contribution is 5.75. The van der Waals surface area contributed by atoms with E-state index in [-0.39, 0.29) is 40.9 Å². The van der Waals surface area contributed by atoms with Gasteiger partial charge < -0.3 is 22.4 Å². The van der Waals surface area contributed by atoms with Crippen molar-refractivity contribution in [2.45, 2.75) is 96.8 Å². The highest BCUT2D eigenvalue weighted by atomic mass is 35.5. The van der Waals surface area contributed by atoms with Crippen molar-refractivity contribution < 1.29 is 22.4 Å². The lowest BCUT2D eigenvalue weighted by molar-refractivity contribution is -0.870. The van der Waals surface area contributed by atoms with E-state index in [1.54, 1.807) is 0 Å². The summed E-state index contributed by atoms with van der Waals surface area (Å²) < 4.78 is 1.12.